The van der Waals surface area contributed by atoms with Gasteiger partial charge in [0.2, 0.25) is 15.0 Å². The van der Waals surface area contributed by atoms with Crippen molar-refractivity contribution in [2.75, 3.05) is 6.54 Å². The maximum atomic E-state index is 13.5. The first kappa shape index (κ1) is 25.4. The van der Waals surface area contributed by atoms with E-state index in [9.17, 15) is 13.2 Å². The minimum atomic E-state index is -3.73. The van der Waals surface area contributed by atoms with Crippen molar-refractivity contribution in [3.05, 3.63) is 120 Å². The molecule has 36 heavy (non-hydrogen) atoms. The number of aromatic nitrogens is 2. The summed E-state index contributed by atoms with van der Waals surface area (Å²) in [5.74, 6) is 0.00692. The van der Waals surface area contributed by atoms with Gasteiger partial charge in [0.1, 0.15) is 0 Å². The highest BCUT2D eigenvalue weighted by molar-refractivity contribution is 7.90. The molecular weight excluding hydrogens is 470 g/mol. The fraction of sp³-hybridized carbons (Fsp3) is 0.241. The van der Waals surface area contributed by atoms with Crippen molar-refractivity contribution in [2.24, 2.45) is 5.92 Å². The van der Waals surface area contributed by atoms with Crippen LogP contribution in [0.4, 0.5) is 0 Å². The van der Waals surface area contributed by atoms with Crippen LogP contribution in [0.25, 0.3) is 0 Å². The Labute approximate surface area is 213 Å². The van der Waals surface area contributed by atoms with Crippen molar-refractivity contribution in [1.82, 2.24) is 14.5 Å². The zero-order chi connectivity index (χ0) is 25.5. The fourth-order valence-electron chi connectivity index (χ4n) is 4.18. The van der Waals surface area contributed by atoms with E-state index in [0.717, 1.165) is 5.56 Å². The maximum Gasteiger partial charge on any atom is 0.254 e. The van der Waals surface area contributed by atoms with E-state index in [1.54, 1.807) is 39.9 Å². The van der Waals surface area contributed by atoms with Gasteiger partial charge in [-0.3, -0.25) is 4.79 Å². The van der Waals surface area contributed by atoms with E-state index >= 15 is 0 Å². The molecule has 0 unspecified atom stereocenters. The Balaban J connectivity index is 1.72. The Morgan fingerprint density at radius 2 is 1.42 bits per heavy atom. The number of hydrogen-bond donors (Lipinski definition) is 0. The SMILES string of the molecule is CC(C)CN(Cc1cnc(S(=O)(=O)Cc2ccccc2)n1Cc1ccccc1)C(=O)c1ccccc1. The lowest BCUT2D eigenvalue weighted by Gasteiger charge is -2.25. The van der Waals surface area contributed by atoms with Crippen LogP contribution in [0.1, 0.15) is 41.0 Å². The lowest BCUT2D eigenvalue weighted by Crippen LogP contribution is -2.34. The lowest BCUT2D eigenvalue weighted by molar-refractivity contribution is 0.0718. The van der Waals surface area contributed by atoms with Crippen LogP contribution >= 0.6 is 0 Å². The van der Waals surface area contributed by atoms with Gasteiger partial charge in [0.05, 0.1) is 30.7 Å². The number of sulfone groups is 1. The van der Waals surface area contributed by atoms with Gasteiger partial charge in [-0.1, -0.05) is 92.7 Å². The smallest absolute Gasteiger partial charge is 0.254 e. The number of amides is 1. The molecule has 0 aliphatic carbocycles. The third-order valence-electron chi connectivity index (χ3n) is 5.81. The first-order valence-corrected chi connectivity index (χ1v) is 13.7. The summed E-state index contributed by atoms with van der Waals surface area (Å²) in [6, 6.07) is 27.9. The molecule has 4 aromatic rings. The molecular formula is C29H31N3O3S. The molecule has 0 aliphatic rings. The number of benzene rings is 3. The Hall–Kier alpha value is -3.71. The van der Waals surface area contributed by atoms with E-state index in [2.05, 4.69) is 18.8 Å². The maximum absolute atomic E-state index is 13.5. The van der Waals surface area contributed by atoms with Crippen LogP contribution in [0.2, 0.25) is 0 Å². The van der Waals surface area contributed by atoms with Crippen LogP contribution in [0.5, 0.6) is 0 Å². The standard InChI is InChI=1S/C29H31N3O3S/c1-23(2)19-31(28(33)26-16-10-5-11-17-26)21-27-18-30-29(32(27)20-24-12-6-3-7-13-24)36(34,35)22-25-14-8-4-9-15-25/h3-18,23H,19-22H2,1-2H3. The van der Waals surface area contributed by atoms with Gasteiger partial charge in [-0.2, -0.15) is 0 Å². The third-order valence-corrected chi connectivity index (χ3v) is 7.40. The molecule has 0 N–H and O–H groups in total. The quantitative estimate of drug-likeness (QED) is 0.299. The number of rotatable bonds is 10. The first-order chi connectivity index (χ1) is 17.3. The van der Waals surface area contributed by atoms with Gasteiger partial charge in [0.15, 0.2) is 0 Å². The van der Waals surface area contributed by atoms with Crippen molar-refractivity contribution < 1.29 is 13.2 Å². The molecule has 1 heterocycles. The predicted molar refractivity (Wildman–Crippen MR) is 141 cm³/mol. The van der Waals surface area contributed by atoms with Gasteiger partial charge in [-0.15, -0.1) is 0 Å². The second-order valence-electron chi connectivity index (χ2n) is 9.29. The molecule has 7 heteroatoms. The van der Waals surface area contributed by atoms with Crippen LogP contribution in [0.15, 0.2) is 102 Å². The highest BCUT2D eigenvalue weighted by Gasteiger charge is 2.26. The highest BCUT2D eigenvalue weighted by atomic mass is 32.2. The number of hydrogen-bond acceptors (Lipinski definition) is 4. The van der Waals surface area contributed by atoms with E-state index in [1.165, 1.54) is 0 Å². The van der Waals surface area contributed by atoms with Crippen molar-refractivity contribution in [3.8, 4) is 0 Å². The minimum absolute atomic E-state index is 0.0156. The Kier molecular flexibility index (Phi) is 8.00. The normalized spacial score (nSPS) is 11.5. The van der Waals surface area contributed by atoms with Crippen molar-refractivity contribution in [3.63, 3.8) is 0 Å². The molecule has 0 bridgehead atoms. The molecule has 3 aromatic carbocycles. The molecule has 0 saturated carbocycles. The van der Waals surface area contributed by atoms with Crippen LogP contribution in [0.3, 0.4) is 0 Å². The summed E-state index contributed by atoms with van der Waals surface area (Å²) in [4.78, 5) is 19.5. The topological polar surface area (TPSA) is 72.3 Å². The highest BCUT2D eigenvalue weighted by Crippen LogP contribution is 2.21. The van der Waals surface area contributed by atoms with Gasteiger partial charge in [-0.25, -0.2) is 13.4 Å². The second-order valence-corrected chi connectivity index (χ2v) is 11.2. The van der Waals surface area contributed by atoms with Gasteiger partial charge in [0.25, 0.3) is 5.91 Å². The molecule has 0 aliphatic heterocycles. The third kappa shape index (κ3) is 6.29. The number of imidazole rings is 1. The average molecular weight is 502 g/mol. The average Bonchev–Trinajstić information content (AvgIpc) is 3.27. The molecule has 0 saturated heterocycles. The van der Waals surface area contributed by atoms with Gasteiger partial charge in [-0.05, 0) is 29.2 Å². The fourth-order valence-corrected chi connectivity index (χ4v) is 5.67. The molecule has 0 fully saturated rings. The Morgan fingerprint density at radius 1 is 0.861 bits per heavy atom. The predicted octanol–water partition coefficient (Wildman–Crippen LogP) is 5.20. The van der Waals surface area contributed by atoms with E-state index in [4.69, 9.17) is 0 Å². The first-order valence-electron chi connectivity index (χ1n) is 12.0. The summed E-state index contributed by atoms with van der Waals surface area (Å²) in [7, 11) is -3.73. The van der Waals surface area contributed by atoms with Crippen molar-refractivity contribution >= 4 is 15.7 Å². The molecule has 186 valence electrons. The van der Waals surface area contributed by atoms with Crippen molar-refractivity contribution in [1.29, 1.82) is 0 Å². The van der Waals surface area contributed by atoms with Crippen molar-refractivity contribution in [2.45, 2.75) is 37.8 Å². The summed E-state index contributed by atoms with van der Waals surface area (Å²) in [6.07, 6.45) is 1.59. The van der Waals surface area contributed by atoms with Gasteiger partial charge < -0.3 is 9.47 Å². The Morgan fingerprint density at radius 3 is 2.00 bits per heavy atom. The Bertz CT molecular complexity index is 1380. The van der Waals surface area contributed by atoms with E-state index < -0.39 is 9.84 Å². The van der Waals surface area contributed by atoms with E-state index in [-0.39, 0.29) is 29.3 Å². The molecule has 1 amide bonds. The summed E-state index contributed by atoms with van der Waals surface area (Å²) < 4.78 is 28.7. The molecule has 1 aromatic heterocycles. The zero-order valence-electron chi connectivity index (χ0n) is 20.6. The largest absolute Gasteiger partial charge is 0.333 e. The molecule has 0 radical (unpaired) electrons. The molecule has 4 rings (SSSR count). The van der Waals surface area contributed by atoms with Crippen LogP contribution in [-0.4, -0.2) is 35.3 Å². The van der Waals surface area contributed by atoms with Crippen LogP contribution < -0.4 is 0 Å². The van der Waals surface area contributed by atoms with Crippen LogP contribution in [-0.2, 0) is 28.7 Å². The lowest BCUT2D eigenvalue weighted by atomic mass is 10.1. The van der Waals surface area contributed by atoms with E-state index in [1.807, 2.05) is 66.7 Å². The van der Waals surface area contributed by atoms with Crippen LogP contribution in [0, 0.1) is 5.92 Å². The summed E-state index contributed by atoms with van der Waals surface area (Å²) >= 11 is 0. The molecule has 0 spiro atoms. The monoisotopic (exact) mass is 501 g/mol. The second kappa shape index (κ2) is 11.4. The molecule has 6 nitrogen and oxygen atoms in total. The van der Waals surface area contributed by atoms with Gasteiger partial charge >= 0.3 is 0 Å². The summed E-state index contributed by atoms with van der Waals surface area (Å²) in [6.45, 7) is 5.25. The summed E-state index contributed by atoms with van der Waals surface area (Å²) in [5, 5.41) is 0.0156. The molecule has 0 atom stereocenters. The zero-order valence-corrected chi connectivity index (χ0v) is 21.4. The van der Waals surface area contributed by atoms with E-state index in [0.29, 0.717) is 29.9 Å². The number of carbonyl (C=O) groups is 1. The van der Waals surface area contributed by atoms with Gasteiger partial charge in [0, 0.05) is 12.1 Å². The minimum Gasteiger partial charge on any atom is -0.333 e. The number of carbonyl (C=O) groups excluding carboxylic acids is 1. The number of nitrogens with zero attached hydrogens (tertiary/aromatic N) is 3. The summed E-state index contributed by atoms with van der Waals surface area (Å²) in [5.41, 5.74) is 2.94.